The van der Waals surface area contributed by atoms with Crippen LogP contribution < -0.4 is 0 Å². The molecule has 0 aromatic rings. The summed E-state index contributed by atoms with van der Waals surface area (Å²) in [7, 11) is 0. The van der Waals surface area contributed by atoms with E-state index in [-0.39, 0.29) is 0 Å². The minimum absolute atomic E-state index is 2.40. The molecule has 0 bridgehead atoms. The van der Waals surface area contributed by atoms with E-state index in [0.29, 0.717) is 0 Å². The van der Waals surface area contributed by atoms with Gasteiger partial charge in [0.05, 0.1) is 0 Å². The van der Waals surface area contributed by atoms with Gasteiger partial charge in [0.2, 0.25) is 0 Å². The van der Waals surface area contributed by atoms with E-state index in [9.17, 15) is 35.1 Å². The molecule has 0 saturated carbocycles. The van der Waals surface area contributed by atoms with E-state index in [1.54, 1.807) is 0 Å². The molecule has 0 aliphatic heterocycles. The zero-order chi connectivity index (χ0) is 10.9. The van der Waals surface area contributed by atoms with Gasteiger partial charge in [0, 0.05) is 0 Å². The highest BCUT2D eigenvalue weighted by atomic mass is 19.4. The summed E-state index contributed by atoms with van der Waals surface area (Å²) in [6.07, 6.45) is -16.2. The molecule has 0 radical (unpaired) electrons. The molecule has 0 rings (SSSR count). The van der Waals surface area contributed by atoms with Crippen molar-refractivity contribution in [2.45, 2.75) is 25.1 Å². The molecule has 0 aliphatic rings. The van der Waals surface area contributed by atoms with Crippen LogP contribution in [0.4, 0.5) is 35.1 Å². The summed E-state index contributed by atoms with van der Waals surface area (Å²) in [5, 5.41) is 0. The van der Waals surface area contributed by atoms with Gasteiger partial charge in [0.15, 0.2) is 0 Å². The molecular formula is C4H2F8O. The number of hydrogen-bond acceptors (Lipinski definition) is 1. The van der Waals surface area contributed by atoms with E-state index < -0.39 is 25.1 Å². The Morgan fingerprint density at radius 2 is 1.08 bits per heavy atom. The van der Waals surface area contributed by atoms with Gasteiger partial charge in [0.1, 0.15) is 0 Å². The third-order valence-electron chi connectivity index (χ3n) is 0.834. The van der Waals surface area contributed by atoms with Crippen LogP contribution in [0.1, 0.15) is 0 Å². The molecule has 0 atom stereocenters. The van der Waals surface area contributed by atoms with Gasteiger partial charge in [-0.05, 0) is 0 Å². The summed E-state index contributed by atoms with van der Waals surface area (Å²) in [5.41, 5.74) is 0. The van der Waals surface area contributed by atoms with Crippen LogP contribution in [0.15, 0.2) is 0 Å². The third kappa shape index (κ3) is 4.25. The Hall–Kier alpha value is -0.600. The van der Waals surface area contributed by atoms with Gasteiger partial charge in [-0.15, -0.1) is 0 Å². The molecule has 0 aromatic carbocycles. The molecule has 0 heterocycles. The average Bonchev–Trinajstić information content (AvgIpc) is 1.77. The smallest absolute Gasteiger partial charge is 0.300 e. The Kier molecular flexibility index (Phi) is 3.47. The Morgan fingerprint density at radius 3 is 1.15 bits per heavy atom. The van der Waals surface area contributed by atoms with Crippen molar-refractivity contribution in [2.75, 3.05) is 0 Å². The first kappa shape index (κ1) is 12.4. The molecule has 13 heavy (non-hydrogen) atoms. The molecule has 0 saturated heterocycles. The predicted octanol–water partition coefficient (Wildman–Crippen LogP) is 2.72. The molecule has 80 valence electrons. The molecule has 0 fully saturated rings. The van der Waals surface area contributed by atoms with Gasteiger partial charge < -0.3 is 4.74 Å². The maximum absolute atomic E-state index is 11.4. The average molecular weight is 218 g/mol. The van der Waals surface area contributed by atoms with E-state index in [1.165, 1.54) is 0 Å². The van der Waals surface area contributed by atoms with Crippen molar-refractivity contribution >= 4 is 0 Å². The van der Waals surface area contributed by atoms with E-state index in [2.05, 4.69) is 4.74 Å². The zero-order valence-electron chi connectivity index (χ0n) is 5.59. The molecular weight excluding hydrogens is 216 g/mol. The van der Waals surface area contributed by atoms with Crippen LogP contribution >= 0.6 is 0 Å². The standard InChI is InChI=1S/C4H2F8O/c5-2(6)13-1(3(7,8)9)4(10,11)12/h1-2H. The Morgan fingerprint density at radius 1 is 0.769 bits per heavy atom. The summed E-state index contributed by atoms with van der Waals surface area (Å²) < 4.78 is 93.0. The van der Waals surface area contributed by atoms with Crippen LogP contribution in [0.2, 0.25) is 0 Å². The molecule has 1 nitrogen and oxygen atoms in total. The lowest BCUT2D eigenvalue weighted by atomic mass is 10.3. The fraction of sp³-hybridized carbons (Fsp3) is 1.00. The second-order valence-corrected chi connectivity index (χ2v) is 1.86. The molecule has 0 unspecified atom stereocenters. The highest BCUT2D eigenvalue weighted by Crippen LogP contribution is 2.36. The molecule has 9 heteroatoms. The fourth-order valence-electron chi connectivity index (χ4n) is 0.443. The molecule has 0 aromatic heterocycles. The summed E-state index contributed by atoms with van der Waals surface area (Å²) in [6.45, 7) is -4.13. The second kappa shape index (κ2) is 3.64. The maximum atomic E-state index is 11.4. The van der Waals surface area contributed by atoms with Crippen LogP contribution in [0, 0.1) is 0 Å². The lowest BCUT2D eigenvalue weighted by molar-refractivity contribution is -0.355. The number of hydrogen-bond donors (Lipinski definition) is 0. The predicted molar refractivity (Wildman–Crippen MR) is 23.0 cm³/mol. The Labute approximate surface area is 66.3 Å². The van der Waals surface area contributed by atoms with E-state index in [1.807, 2.05) is 0 Å². The first-order valence-corrected chi connectivity index (χ1v) is 2.62. The van der Waals surface area contributed by atoms with E-state index in [4.69, 9.17) is 0 Å². The van der Waals surface area contributed by atoms with Gasteiger partial charge in [-0.1, -0.05) is 0 Å². The maximum Gasteiger partial charge on any atom is 0.423 e. The van der Waals surface area contributed by atoms with E-state index in [0.717, 1.165) is 0 Å². The topological polar surface area (TPSA) is 9.23 Å². The van der Waals surface area contributed by atoms with Crippen LogP contribution in [-0.2, 0) is 4.74 Å². The summed E-state index contributed by atoms with van der Waals surface area (Å²) in [6, 6.07) is 0. The highest BCUT2D eigenvalue weighted by Gasteiger charge is 2.59. The largest absolute Gasteiger partial charge is 0.423 e. The number of halogens is 8. The number of rotatable bonds is 2. The van der Waals surface area contributed by atoms with E-state index >= 15 is 0 Å². The van der Waals surface area contributed by atoms with Gasteiger partial charge in [0.25, 0.3) is 6.10 Å². The minimum Gasteiger partial charge on any atom is -0.300 e. The van der Waals surface area contributed by atoms with Gasteiger partial charge in [-0.25, -0.2) is 0 Å². The van der Waals surface area contributed by atoms with Crippen LogP contribution in [0.3, 0.4) is 0 Å². The first-order chi connectivity index (χ1) is 5.55. The Balaban J connectivity index is 4.58. The van der Waals surface area contributed by atoms with Gasteiger partial charge >= 0.3 is 19.0 Å². The van der Waals surface area contributed by atoms with Crippen LogP contribution in [0.5, 0.6) is 0 Å². The molecule has 0 aliphatic carbocycles. The minimum atomic E-state index is -5.89. The molecule has 0 spiro atoms. The van der Waals surface area contributed by atoms with Crippen LogP contribution in [0.25, 0.3) is 0 Å². The number of alkyl halides is 8. The van der Waals surface area contributed by atoms with Gasteiger partial charge in [-0.2, -0.15) is 35.1 Å². The van der Waals surface area contributed by atoms with Crippen molar-refractivity contribution in [1.29, 1.82) is 0 Å². The molecule has 0 amide bonds. The number of ether oxygens (including phenoxy) is 1. The molecule has 0 N–H and O–H groups in total. The van der Waals surface area contributed by atoms with Crippen molar-refractivity contribution in [3.05, 3.63) is 0 Å². The monoisotopic (exact) mass is 218 g/mol. The zero-order valence-corrected chi connectivity index (χ0v) is 5.59. The van der Waals surface area contributed by atoms with Crippen molar-refractivity contribution in [1.82, 2.24) is 0 Å². The van der Waals surface area contributed by atoms with Crippen molar-refractivity contribution < 1.29 is 39.9 Å². The third-order valence-corrected chi connectivity index (χ3v) is 0.834. The summed E-state index contributed by atoms with van der Waals surface area (Å²) >= 11 is 0. The van der Waals surface area contributed by atoms with Crippen LogP contribution in [-0.4, -0.2) is 25.1 Å². The van der Waals surface area contributed by atoms with Crippen molar-refractivity contribution in [3.63, 3.8) is 0 Å². The lowest BCUT2D eigenvalue weighted by Gasteiger charge is -2.22. The quantitative estimate of drug-likeness (QED) is 0.647. The lowest BCUT2D eigenvalue weighted by Crippen LogP contribution is -2.45. The van der Waals surface area contributed by atoms with Crippen molar-refractivity contribution in [3.8, 4) is 0 Å². The SMILES string of the molecule is FC(F)OC(C(F)(F)F)C(F)(F)F. The van der Waals surface area contributed by atoms with Gasteiger partial charge in [-0.3, -0.25) is 0 Å². The van der Waals surface area contributed by atoms with Crippen molar-refractivity contribution in [2.24, 2.45) is 0 Å². The fourth-order valence-corrected chi connectivity index (χ4v) is 0.443. The Bertz CT molecular complexity index is 143. The first-order valence-electron chi connectivity index (χ1n) is 2.62. The summed E-state index contributed by atoms with van der Waals surface area (Å²) in [4.78, 5) is 0. The second-order valence-electron chi connectivity index (χ2n) is 1.86. The summed E-state index contributed by atoms with van der Waals surface area (Å²) in [5.74, 6) is 0. The highest BCUT2D eigenvalue weighted by molar-refractivity contribution is 4.75. The normalized spacial score (nSPS) is 14.3.